The Hall–Kier alpha value is -2.61. The fourth-order valence-corrected chi connectivity index (χ4v) is 3.30. The van der Waals surface area contributed by atoms with Gasteiger partial charge in [-0.3, -0.25) is 14.9 Å². The first-order valence-electron chi connectivity index (χ1n) is 9.19. The van der Waals surface area contributed by atoms with Crippen LogP contribution in [0.5, 0.6) is 0 Å². The molecule has 1 saturated heterocycles. The molecule has 2 N–H and O–H groups in total. The van der Waals surface area contributed by atoms with Gasteiger partial charge >= 0.3 is 6.18 Å². The van der Waals surface area contributed by atoms with Crippen molar-refractivity contribution in [1.29, 1.82) is 0 Å². The molecule has 0 spiro atoms. The van der Waals surface area contributed by atoms with Gasteiger partial charge in [-0.1, -0.05) is 24.3 Å². The molecule has 2 aromatic rings. The van der Waals surface area contributed by atoms with Gasteiger partial charge in [0.2, 0.25) is 0 Å². The molecule has 3 rings (SSSR count). The van der Waals surface area contributed by atoms with Gasteiger partial charge in [-0.05, 0) is 30.2 Å². The van der Waals surface area contributed by atoms with Gasteiger partial charge in [-0.25, -0.2) is 0 Å². The first kappa shape index (κ1) is 20.1. The van der Waals surface area contributed by atoms with Crippen LogP contribution < -0.4 is 10.6 Å². The molecule has 5 nitrogen and oxygen atoms in total. The number of hydrogen-bond acceptors (Lipinski definition) is 3. The molecule has 2 heterocycles. The topological polar surface area (TPSA) is 52.6 Å². The quantitative estimate of drug-likeness (QED) is 0.608. The van der Waals surface area contributed by atoms with Crippen molar-refractivity contribution < 1.29 is 13.2 Å². The number of aliphatic imine (C=N–C) groups is 1. The summed E-state index contributed by atoms with van der Waals surface area (Å²) < 4.78 is 37.6. The second kappa shape index (κ2) is 9.05. The summed E-state index contributed by atoms with van der Waals surface area (Å²) in [7, 11) is 1.65. The molecule has 0 saturated carbocycles. The van der Waals surface area contributed by atoms with Crippen LogP contribution in [-0.4, -0.2) is 54.7 Å². The third-order valence-corrected chi connectivity index (χ3v) is 4.59. The van der Waals surface area contributed by atoms with E-state index in [1.54, 1.807) is 13.2 Å². The summed E-state index contributed by atoms with van der Waals surface area (Å²) in [4.78, 5) is 9.97. The zero-order chi connectivity index (χ0) is 20.0. The van der Waals surface area contributed by atoms with Crippen LogP contribution in [0.4, 0.5) is 13.2 Å². The number of alkyl halides is 3. The molecule has 1 unspecified atom stereocenters. The summed E-state index contributed by atoms with van der Waals surface area (Å²) in [5.74, 6) is 0.585. The number of aromatic nitrogens is 1. The van der Waals surface area contributed by atoms with Gasteiger partial charge in [0.1, 0.15) is 0 Å². The summed E-state index contributed by atoms with van der Waals surface area (Å²) in [6, 6.07) is 13.8. The molecule has 1 aromatic heterocycles. The Morgan fingerprint density at radius 2 is 2.11 bits per heavy atom. The molecule has 8 heteroatoms. The fourth-order valence-electron chi connectivity index (χ4n) is 3.30. The van der Waals surface area contributed by atoms with E-state index in [9.17, 15) is 13.2 Å². The van der Waals surface area contributed by atoms with Crippen LogP contribution in [-0.2, 0) is 6.54 Å². The van der Waals surface area contributed by atoms with Crippen LogP contribution in [0.25, 0.3) is 11.3 Å². The average Bonchev–Trinajstić information content (AvgIpc) is 3.11. The number of nitrogens with one attached hydrogen (secondary N) is 2. The maximum absolute atomic E-state index is 12.5. The number of halogens is 3. The maximum atomic E-state index is 12.5. The Morgan fingerprint density at radius 1 is 1.25 bits per heavy atom. The van der Waals surface area contributed by atoms with Crippen molar-refractivity contribution in [3.05, 3.63) is 54.2 Å². The van der Waals surface area contributed by atoms with E-state index in [1.165, 1.54) is 4.90 Å². The Labute approximate surface area is 162 Å². The lowest BCUT2D eigenvalue weighted by molar-refractivity contribution is -0.143. The fraction of sp³-hybridized carbons (Fsp3) is 0.400. The van der Waals surface area contributed by atoms with Gasteiger partial charge in [-0.15, -0.1) is 0 Å². The van der Waals surface area contributed by atoms with Crippen molar-refractivity contribution in [2.45, 2.75) is 25.2 Å². The molecule has 0 radical (unpaired) electrons. The standard InChI is InChI=1S/C20H24F3N5/c1-24-19(27-17-8-10-28(13-17)14-20(21,22)23)26-12-15-5-4-6-16(11-15)18-7-2-3-9-25-18/h2-7,9,11,17H,8,10,12-14H2,1H3,(H2,24,26,27). The third-order valence-electron chi connectivity index (χ3n) is 4.59. The van der Waals surface area contributed by atoms with Gasteiger partial charge in [0.05, 0.1) is 12.2 Å². The van der Waals surface area contributed by atoms with E-state index >= 15 is 0 Å². The second-order valence-electron chi connectivity index (χ2n) is 6.82. The van der Waals surface area contributed by atoms with Crippen LogP contribution in [0.3, 0.4) is 0 Å². The van der Waals surface area contributed by atoms with E-state index < -0.39 is 12.7 Å². The molecule has 150 valence electrons. The van der Waals surface area contributed by atoms with E-state index in [4.69, 9.17) is 0 Å². The lowest BCUT2D eigenvalue weighted by Gasteiger charge is -2.20. The number of rotatable bonds is 5. The third kappa shape index (κ3) is 5.95. The van der Waals surface area contributed by atoms with E-state index in [1.807, 2.05) is 36.4 Å². The zero-order valence-corrected chi connectivity index (χ0v) is 15.7. The SMILES string of the molecule is CN=C(NCc1cccc(-c2ccccn2)c1)NC1CCN(CC(F)(F)F)C1. The summed E-state index contributed by atoms with van der Waals surface area (Å²) in [5, 5.41) is 6.45. The summed E-state index contributed by atoms with van der Waals surface area (Å²) in [6.07, 6.45) is -1.74. The molecular formula is C20H24F3N5. The van der Waals surface area contributed by atoms with E-state index in [-0.39, 0.29) is 6.04 Å². The van der Waals surface area contributed by atoms with Gasteiger partial charge in [0.15, 0.2) is 5.96 Å². The number of guanidine groups is 1. The number of likely N-dealkylation sites (tertiary alicyclic amines) is 1. The zero-order valence-electron chi connectivity index (χ0n) is 15.7. The Balaban J connectivity index is 1.52. The predicted molar refractivity (Wildman–Crippen MR) is 104 cm³/mol. The monoisotopic (exact) mass is 391 g/mol. The van der Waals surface area contributed by atoms with Crippen molar-refractivity contribution in [1.82, 2.24) is 20.5 Å². The molecule has 28 heavy (non-hydrogen) atoms. The molecular weight excluding hydrogens is 367 g/mol. The highest BCUT2D eigenvalue weighted by molar-refractivity contribution is 5.80. The first-order chi connectivity index (χ1) is 13.4. The number of pyridine rings is 1. The largest absolute Gasteiger partial charge is 0.401 e. The van der Waals surface area contributed by atoms with Gasteiger partial charge in [0.25, 0.3) is 0 Å². The van der Waals surface area contributed by atoms with Crippen molar-refractivity contribution in [2.75, 3.05) is 26.7 Å². The average molecular weight is 391 g/mol. The molecule has 1 aliphatic heterocycles. The van der Waals surface area contributed by atoms with Crippen LogP contribution in [0, 0.1) is 0 Å². The number of nitrogens with zero attached hydrogens (tertiary/aromatic N) is 3. The Kier molecular flexibility index (Phi) is 6.51. The van der Waals surface area contributed by atoms with Crippen molar-refractivity contribution in [3.63, 3.8) is 0 Å². The second-order valence-corrected chi connectivity index (χ2v) is 6.82. The highest BCUT2D eigenvalue weighted by Crippen LogP contribution is 2.20. The molecule has 1 atom stereocenters. The maximum Gasteiger partial charge on any atom is 0.401 e. The lowest BCUT2D eigenvalue weighted by atomic mass is 10.1. The molecule has 0 bridgehead atoms. The Bertz CT molecular complexity index is 792. The van der Waals surface area contributed by atoms with Crippen LogP contribution >= 0.6 is 0 Å². The van der Waals surface area contributed by atoms with Gasteiger partial charge in [-0.2, -0.15) is 13.2 Å². The lowest BCUT2D eigenvalue weighted by Crippen LogP contribution is -2.44. The highest BCUT2D eigenvalue weighted by atomic mass is 19.4. The smallest absolute Gasteiger partial charge is 0.352 e. The molecule has 0 aliphatic carbocycles. The van der Waals surface area contributed by atoms with Crippen molar-refractivity contribution in [3.8, 4) is 11.3 Å². The summed E-state index contributed by atoms with van der Waals surface area (Å²) in [5.41, 5.74) is 3.00. The molecule has 1 fully saturated rings. The minimum atomic E-state index is -4.16. The molecule has 1 aromatic carbocycles. The van der Waals surface area contributed by atoms with Crippen molar-refractivity contribution in [2.24, 2.45) is 4.99 Å². The molecule has 0 amide bonds. The van der Waals surface area contributed by atoms with E-state index in [0.717, 1.165) is 16.8 Å². The minimum Gasteiger partial charge on any atom is -0.352 e. The Morgan fingerprint density at radius 3 is 2.82 bits per heavy atom. The minimum absolute atomic E-state index is 0.0478. The predicted octanol–water partition coefficient (Wildman–Crippen LogP) is 3.05. The summed E-state index contributed by atoms with van der Waals surface area (Å²) >= 11 is 0. The van der Waals surface area contributed by atoms with Crippen LogP contribution in [0.15, 0.2) is 53.7 Å². The summed E-state index contributed by atoms with van der Waals surface area (Å²) in [6.45, 7) is 0.479. The normalized spacial score (nSPS) is 18.3. The highest BCUT2D eigenvalue weighted by Gasteiger charge is 2.34. The van der Waals surface area contributed by atoms with Gasteiger partial charge < -0.3 is 10.6 Å². The van der Waals surface area contributed by atoms with E-state index in [2.05, 4.69) is 26.7 Å². The van der Waals surface area contributed by atoms with Gasteiger partial charge in [0, 0.05) is 44.5 Å². The number of hydrogen-bond donors (Lipinski definition) is 2. The van der Waals surface area contributed by atoms with Crippen LogP contribution in [0.2, 0.25) is 0 Å². The first-order valence-corrected chi connectivity index (χ1v) is 9.19. The molecule has 1 aliphatic rings. The van der Waals surface area contributed by atoms with Crippen LogP contribution in [0.1, 0.15) is 12.0 Å². The van der Waals surface area contributed by atoms with E-state index in [0.29, 0.717) is 32.0 Å². The number of benzene rings is 1. The van der Waals surface area contributed by atoms with Crippen molar-refractivity contribution >= 4 is 5.96 Å².